The molecule has 0 fully saturated rings. The molecule has 2 aromatic carbocycles. The van der Waals surface area contributed by atoms with Crippen molar-refractivity contribution in [2.24, 2.45) is 0 Å². The number of hydrogen-bond acceptors (Lipinski definition) is 4. The van der Waals surface area contributed by atoms with Crippen LogP contribution in [0.4, 0.5) is 13.2 Å². The molecule has 0 saturated heterocycles. The third-order valence-electron chi connectivity index (χ3n) is 4.94. The third-order valence-corrected chi connectivity index (χ3v) is 4.94. The molecule has 168 valence electrons. The van der Waals surface area contributed by atoms with Crippen LogP contribution in [-0.2, 0) is 33.7 Å². The van der Waals surface area contributed by atoms with Gasteiger partial charge in [-0.2, -0.15) is 13.2 Å². The summed E-state index contributed by atoms with van der Waals surface area (Å²) in [6.45, 7) is 0.130. The maximum absolute atomic E-state index is 12.9. The van der Waals surface area contributed by atoms with Crippen molar-refractivity contribution in [1.29, 1.82) is 0 Å². The number of nitrogens with one attached hydrogen (secondary N) is 1. The Bertz CT molecular complexity index is 992. The van der Waals surface area contributed by atoms with E-state index < -0.39 is 23.9 Å². The first kappa shape index (κ1) is 23.4. The number of hydrogen-bond donors (Lipinski definition) is 2. The lowest BCUT2D eigenvalue weighted by molar-refractivity contribution is -0.150. The van der Waals surface area contributed by atoms with Crippen LogP contribution in [0.3, 0.4) is 0 Å². The quantitative estimate of drug-likeness (QED) is 0.635. The maximum atomic E-state index is 12.9. The Balaban J connectivity index is 1.76. The van der Waals surface area contributed by atoms with E-state index in [4.69, 9.17) is 21.0 Å². The fraction of sp³-hybridized carbons (Fsp3) is 0.292. The lowest BCUT2D eigenvalue weighted by Crippen LogP contribution is -2.33. The first-order valence-corrected chi connectivity index (χ1v) is 9.87. The molecule has 0 aromatic heterocycles. The molecule has 0 radical (unpaired) electrons. The molecule has 1 heterocycles. The van der Waals surface area contributed by atoms with Gasteiger partial charge >= 0.3 is 6.18 Å². The number of aliphatic hydroxyl groups excluding tert-OH is 1. The van der Waals surface area contributed by atoms with E-state index in [0.29, 0.717) is 12.0 Å². The number of halogens is 3. The second kappa shape index (κ2) is 10.4. The van der Waals surface area contributed by atoms with Crippen molar-refractivity contribution in [2.45, 2.75) is 38.0 Å². The van der Waals surface area contributed by atoms with Crippen LogP contribution in [0.5, 0.6) is 0 Å². The zero-order valence-electron chi connectivity index (χ0n) is 17.1. The van der Waals surface area contributed by atoms with E-state index in [0.717, 1.165) is 23.3 Å². The number of allylic oxidation sites excluding steroid dienone is 1. The Morgan fingerprint density at radius 1 is 1.16 bits per heavy atom. The van der Waals surface area contributed by atoms with Crippen LogP contribution in [0.25, 0.3) is 0 Å². The summed E-state index contributed by atoms with van der Waals surface area (Å²) in [4.78, 5) is 12.4. The zero-order valence-corrected chi connectivity index (χ0v) is 17.1. The summed E-state index contributed by atoms with van der Waals surface area (Å²) in [5.74, 6) is 1.38. The predicted molar refractivity (Wildman–Crippen MR) is 111 cm³/mol. The van der Waals surface area contributed by atoms with Gasteiger partial charge in [0.15, 0.2) is 5.76 Å². The summed E-state index contributed by atoms with van der Waals surface area (Å²) < 4.78 is 50.2. The van der Waals surface area contributed by atoms with E-state index in [2.05, 4.69) is 11.2 Å². The van der Waals surface area contributed by atoms with Gasteiger partial charge in [0.05, 0.1) is 25.3 Å². The van der Waals surface area contributed by atoms with Crippen LogP contribution in [0.2, 0.25) is 0 Å². The van der Waals surface area contributed by atoms with Gasteiger partial charge in [-0.05, 0) is 34.9 Å². The highest BCUT2D eigenvalue weighted by molar-refractivity contribution is 5.91. The number of carbonyl (C=O) groups is 1. The molecule has 3 rings (SSSR count). The number of benzene rings is 2. The molecule has 5 nitrogen and oxygen atoms in total. The third kappa shape index (κ3) is 6.13. The number of alkyl halides is 3. The molecule has 2 N–H and O–H groups in total. The van der Waals surface area contributed by atoms with Crippen LogP contribution in [0.1, 0.15) is 34.6 Å². The Kier molecular flexibility index (Phi) is 7.57. The largest absolute Gasteiger partial charge is 0.459 e. The van der Waals surface area contributed by atoms with Gasteiger partial charge < -0.3 is 19.9 Å². The van der Waals surface area contributed by atoms with Crippen LogP contribution < -0.4 is 5.32 Å². The first-order chi connectivity index (χ1) is 15.3. The number of carbonyl (C=O) groups excluding carboxylic acids is 1. The van der Waals surface area contributed by atoms with E-state index in [9.17, 15) is 18.0 Å². The molecule has 0 saturated carbocycles. The van der Waals surface area contributed by atoms with Gasteiger partial charge in [-0.25, -0.2) is 0 Å². The van der Waals surface area contributed by atoms with Gasteiger partial charge in [0.2, 0.25) is 6.29 Å². The van der Waals surface area contributed by atoms with E-state index in [1.807, 2.05) is 0 Å². The van der Waals surface area contributed by atoms with Gasteiger partial charge in [0.25, 0.3) is 5.91 Å². The highest BCUT2D eigenvalue weighted by atomic mass is 19.4. The van der Waals surface area contributed by atoms with E-state index >= 15 is 0 Å². The molecule has 2 aromatic rings. The minimum Gasteiger partial charge on any atom is -0.459 e. The van der Waals surface area contributed by atoms with E-state index in [-0.39, 0.29) is 31.4 Å². The van der Waals surface area contributed by atoms with Gasteiger partial charge in [-0.1, -0.05) is 42.3 Å². The highest BCUT2D eigenvalue weighted by Gasteiger charge is 2.32. The maximum Gasteiger partial charge on any atom is 0.416 e. The lowest BCUT2D eigenvalue weighted by atomic mass is 9.92. The molecule has 0 spiro atoms. The van der Waals surface area contributed by atoms with Gasteiger partial charge in [0, 0.05) is 12.3 Å². The number of ether oxygens (including phenoxy) is 2. The Hall–Kier alpha value is -3.28. The highest BCUT2D eigenvalue weighted by Crippen LogP contribution is 2.34. The molecule has 1 amide bonds. The second-order valence-electron chi connectivity index (χ2n) is 7.21. The fourth-order valence-corrected chi connectivity index (χ4v) is 3.22. The Labute approximate surface area is 183 Å². The monoisotopic (exact) mass is 445 g/mol. The summed E-state index contributed by atoms with van der Waals surface area (Å²) in [5, 5.41) is 11.6. The van der Waals surface area contributed by atoms with Crippen LogP contribution in [0, 0.1) is 12.3 Å². The topological polar surface area (TPSA) is 67.8 Å². The van der Waals surface area contributed by atoms with Gasteiger partial charge in [0.1, 0.15) is 0 Å². The first-order valence-electron chi connectivity index (χ1n) is 9.87. The number of aliphatic hydroxyl groups is 1. The standard InChI is InChI=1S/C24H22F3NO4/c1-2-11-28-23(30)21-12-19(18-7-9-20(10-8-18)24(25,26)27)13-22(32-21)31-15-17-5-3-16(14-29)4-6-17/h1,3-10,12,19,22,29H,11,13-15H2,(H,28,30)/t19-,22+/m0/s1. The number of rotatable bonds is 7. The van der Waals surface area contributed by atoms with Crippen molar-refractivity contribution < 1.29 is 32.5 Å². The SMILES string of the molecule is C#CCNC(=O)C1=C[C@H](c2ccc(C(F)(F)F)cc2)C[C@H](OCc2ccc(CO)cc2)O1. The molecule has 8 heteroatoms. The summed E-state index contributed by atoms with van der Waals surface area (Å²) in [6.07, 6.45) is 1.82. The van der Waals surface area contributed by atoms with Crippen molar-refractivity contribution in [1.82, 2.24) is 5.32 Å². The smallest absolute Gasteiger partial charge is 0.416 e. The number of terminal acetylenes is 1. The minimum atomic E-state index is -4.43. The van der Waals surface area contributed by atoms with Crippen LogP contribution in [-0.4, -0.2) is 23.8 Å². The molecule has 32 heavy (non-hydrogen) atoms. The second-order valence-corrected chi connectivity index (χ2v) is 7.21. The molecule has 0 unspecified atom stereocenters. The minimum absolute atomic E-state index is 0.00275. The summed E-state index contributed by atoms with van der Waals surface area (Å²) in [7, 11) is 0. The fourth-order valence-electron chi connectivity index (χ4n) is 3.22. The lowest BCUT2D eigenvalue weighted by Gasteiger charge is -2.29. The Morgan fingerprint density at radius 2 is 1.81 bits per heavy atom. The van der Waals surface area contributed by atoms with Crippen molar-refractivity contribution in [3.8, 4) is 12.3 Å². The van der Waals surface area contributed by atoms with Crippen molar-refractivity contribution in [3.05, 3.63) is 82.6 Å². The molecule has 0 bridgehead atoms. The van der Waals surface area contributed by atoms with Crippen LogP contribution >= 0.6 is 0 Å². The average Bonchev–Trinajstić information content (AvgIpc) is 2.80. The normalized spacial score (nSPS) is 18.3. The van der Waals surface area contributed by atoms with E-state index in [1.54, 1.807) is 30.3 Å². The molecule has 1 aliphatic heterocycles. The predicted octanol–water partition coefficient (Wildman–Crippen LogP) is 3.88. The Morgan fingerprint density at radius 3 is 2.41 bits per heavy atom. The zero-order chi connectivity index (χ0) is 23.1. The summed E-state index contributed by atoms with van der Waals surface area (Å²) in [5.41, 5.74) is 1.46. The molecular weight excluding hydrogens is 423 g/mol. The molecule has 1 aliphatic rings. The number of amides is 1. The average molecular weight is 445 g/mol. The van der Waals surface area contributed by atoms with Gasteiger partial charge in [-0.15, -0.1) is 6.42 Å². The van der Waals surface area contributed by atoms with Crippen molar-refractivity contribution in [2.75, 3.05) is 6.54 Å². The summed E-state index contributed by atoms with van der Waals surface area (Å²) in [6, 6.07) is 11.9. The summed E-state index contributed by atoms with van der Waals surface area (Å²) >= 11 is 0. The van der Waals surface area contributed by atoms with E-state index in [1.165, 1.54) is 12.1 Å². The van der Waals surface area contributed by atoms with Crippen LogP contribution in [0.15, 0.2) is 60.4 Å². The molecule has 0 aliphatic carbocycles. The van der Waals surface area contributed by atoms with Crippen molar-refractivity contribution in [3.63, 3.8) is 0 Å². The molecule has 2 atom stereocenters. The van der Waals surface area contributed by atoms with Crippen molar-refractivity contribution >= 4 is 5.91 Å². The van der Waals surface area contributed by atoms with Gasteiger partial charge in [-0.3, -0.25) is 4.79 Å². The molecular formula is C24H22F3NO4.